The molecule has 1 saturated heterocycles. The molecule has 0 spiro atoms. The quantitative estimate of drug-likeness (QED) is 0.686. The number of aryl methyl sites for hydroxylation is 1. The zero-order valence-electron chi connectivity index (χ0n) is 11.0. The molecule has 0 N–H and O–H groups in total. The molecule has 0 radical (unpaired) electrons. The number of hydrogen-bond acceptors (Lipinski definition) is 5. The average Bonchev–Trinajstić information content (AvgIpc) is 3.00. The Bertz CT molecular complexity index is 498. The predicted octanol–water partition coefficient (Wildman–Crippen LogP) is 2.38. The lowest BCUT2D eigenvalue weighted by molar-refractivity contribution is -0.117. The van der Waals surface area contributed by atoms with Gasteiger partial charge >= 0.3 is 5.97 Å². The Kier molecular flexibility index (Phi) is 4.52. The fourth-order valence-corrected chi connectivity index (χ4v) is 3.52. The van der Waals surface area contributed by atoms with Crippen molar-refractivity contribution in [3.05, 3.63) is 16.5 Å². The summed E-state index contributed by atoms with van der Waals surface area (Å²) in [6, 6.07) is 1.83. The molecule has 6 heteroatoms. The van der Waals surface area contributed by atoms with Crippen molar-refractivity contribution >= 4 is 40.8 Å². The molecule has 104 valence electrons. The molecule has 2 heterocycles. The van der Waals surface area contributed by atoms with Crippen molar-refractivity contribution in [2.45, 2.75) is 19.8 Å². The van der Waals surface area contributed by atoms with Gasteiger partial charge in [-0.25, -0.2) is 4.79 Å². The van der Waals surface area contributed by atoms with Crippen molar-refractivity contribution in [3.63, 3.8) is 0 Å². The fourth-order valence-electron chi connectivity index (χ4n) is 2.16. The third-order valence-corrected chi connectivity index (χ3v) is 5.04. The first-order valence-corrected chi connectivity index (χ1v) is 7.67. The van der Waals surface area contributed by atoms with Crippen LogP contribution in [0, 0.1) is 5.92 Å². The Morgan fingerprint density at radius 2 is 2.37 bits per heavy atom. The van der Waals surface area contributed by atoms with E-state index in [-0.39, 0.29) is 17.8 Å². The number of hydrogen-bond donors (Lipinski definition) is 1. The molecular formula is C13H17NO3S2. The molecule has 1 aliphatic rings. The third kappa shape index (κ3) is 2.79. The number of nitrogens with zero attached hydrogens (tertiary/aromatic N) is 1. The second kappa shape index (κ2) is 5.96. The van der Waals surface area contributed by atoms with E-state index in [1.54, 1.807) is 4.90 Å². The Hall–Kier alpha value is -1.01. The largest absolute Gasteiger partial charge is 0.465 e. The summed E-state index contributed by atoms with van der Waals surface area (Å²) in [6.45, 7) is 2.66. The number of ether oxygens (including phenoxy) is 1. The molecule has 0 aliphatic carbocycles. The van der Waals surface area contributed by atoms with Crippen LogP contribution in [0.2, 0.25) is 0 Å². The maximum absolute atomic E-state index is 12.1. The van der Waals surface area contributed by atoms with Gasteiger partial charge in [0.2, 0.25) is 5.91 Å². The zero-order valence-corrected chi connectivity index (χ0v) is 12.7. The maximum Gasteiger partial charge on any atom is 0.340 e. The van der Waals surface area contributed by atoms with E-state index >= 15 is 0 Å². The van der Waals surface area contributed by atoms with E-state index in [1.165, 1.54) is 18.4 Å². The van der Waals surface area contributed by atoms with Crippen molar-refractivity contribution in [2.75, 3.05) is 24.3 Å². The Balaban J connectivity index is 2.35. The van der Waals surface area contributed by atoms with Crippen molar-refractivity contribution in [1.82, 2.24) is 0 Å². The molecule has 0 aromatic carbocycles. The van der Waals surface area contributed by atoms with Crippen molar-refractivity contribution in [3.8, 4) is 0 Å². The molecule has 0 bridgehead atoms. The van der Waals surface area contributed by atoms with E-state index in [2.05, 4.69) is 12.6 Å². The third-order valence-electron chi connectivity index (χ3n) is 3.23. The smallest absolute Gasteiger partial charge is 0.340 e. The summed E-state index contributed by atoms with van der Waals surface area (Å²) in [5, 5.41) is 0.720. The lowest BCUT2D eigenvalue weighted by Crippen LogP contribution is -2.25. The molecule has 0 saturated carbocycles. The summed E-state index contributed by atoms with van der Waals surface area (Å²) in [5.74, 6) is 0.622. The topological polar surface area (TPSA) is 46.6 Å². The molecule has 1 fully saturated rings. The van der Waals surface area contributed by atoms with Gasteiger partial charge in [0.15, 0.2) is 0 Å². The van der Waals surface area contributed by atoms with Crippen molar-refractivity contribution in [2.24, 2.45) is 5.92 Å². The van der Waals surface area contributed by atoms with Crippen molar-refractivity contribution in [1.29, 1.82) is 0 Å². The normalized spacial score (nSPS) is 19.0. The lowest BCUT2D eigenvalue weighted by Gasteiger charge is -2.15. The standard InChI is InChI=1S/C13H17NO3S2/c1-3-9-5-10(13(16)17-2)12(19-9)14-6-8(7-18)4-11(14)15/h5,8,18H,3-4,6-7H2,1-2H3. The van der Waals surface area contributed by atoms with Crippen LogP contribution in [0.4, 0.5) is 5.00 Å². The number of thiol groups is 1. The van der Waals surface area contributed by atoms with Gasteiger partial charge < -0.3 is 9.64 Å². The molecule has 4 nitrogen and oxygen atoms in total. The molecule has 1 amide bonds. The fraction of sp³-hybridized carbons (Fsp3) is 0.538. The minimum Gasteiger partial charge on any atom is -0.465 e. The number of amides is 1. The summed E-state index contributed by atoms with van der Waals surface area (Å²) >= 11 is 5.75. The van der Waals surface area contributed by atoms with Gasteiger partial charge in [0.05, 0.1) is 12.7 Å². The van der Waals surface area contributed by atoms with Crippen LogP contribution in [0.15, 0.2) is 6.07 Å². The number of rotatable bonds is 4. The number of anilines is 1. The van der Waals surface area contributed by atoms with Crippen LogP contribution >= 0.6 is 24.0 Å². The van der Waals surface area contributed by atoms with Gasteiger partial charge in [-0.2, -0.15) is 12.6 Å². The molecule has 2 rings (SSSR count). The van der Waals surface area contributed by atoms with E-state index in [1.807, 2.05) is 13.0 Å². The van der Waals surface area contributed by atoms with Crippen molar-refractivity contribution < 1.29 is 14.3 Å². The summed E-state index contributed by atoms with van der Waals surface area (Å²) in [7, 11) is 1.36. The van der Waals surface area contributed by atoms with E-state index in [4.69, 9.17) is 4.74 Å². The second-order valence-corrected chi connectivity index (χ2v) is 6.01. The highest BCUT2D eigenvalue weighted by Crippen LogP contribution is 2.36. The highest BCUT2D eigenvalue weighted by Gasteiger charge is 2.33. The van der Waals surface area contributed by atoms with Crippen LogP contribution in [0.3, 0.4) is 0 Å². The first kappa shape index (κ1) is 14.4. The summed E-state index contributed by atoms with van der Waals surface area (Å²) < 4.78 is 4.80. The van der Waals surface area contributed by atoms with Gasteiger partial charge in [-0.1, -0.05) is 6.92 Å². The molecule has 19 heavy (non-hydrogen) atoms. The summed E-state index contributed by atoms with van der Waals surface area (Å²) in [5.41, 5.74) is 0.498. The van der Waals surface area contributed by atoms with Gasteiger partial charge in [0.1, 0.15) is 5.00 Å². The van der Waals surface area contributed by atoms with Crippen LogP contribution in [0.25, 0.3) is 0 Å². The van der Waals surface area contributed by atoms with Gasteiger partial charge in [0.25, 0.3) is 0 Å². The van der Waals surface area contributed by atoms with E-state index in [0.29, 0.717) is 24.3 Å². The first-order valence-electron chi connectivity index (χ1n) is 6.22. The molecule has 1 unspecified atom stereocenters. The van der Waals surface area contributed by atoms with Gasteiger partial charge in [-0.05, 0) is 24.2 Å². The van der Waals surface area contributed by atoms with Crippen LogP contribution in [-0.2, 0) is 16.0 Å². The average molecular weight is 299 g/mol. The SMILES string of the molecule is CCc1cc(C(=O)OC)c(N2CC(CS)CC2=O)s1. The van der Waals surface area contributed by atoms with E-state index < -0.39 is 0 Å². The number of thiophene rings is 1. The monoisotopic (exact) mass is 299 g/mol. The van der Waals surface area contributed by atoms with Crippen LogP contribution in [0.5, 0.6) is 0 Å². The minimum atomic E-state index is -0.381. The first-order chi connectivity index (χ1) is 9.10. The second-order valence-electron chi connectivity index (χ2n) is 4.53. The van der Waals surface area contributed by atoms with Gasteiger partial charge in [-0.15, -0.1) is 11.3 Å². The highest BCUT2D eigenvalue weighted by molar-refractivity contribution is 7.80. The Morgan fingerprint density at radius 1 is 1.63 bits per heavy atom. The van der Waals surface area contributed by atoms with Gasteiger partial charge in [-0.3, -0.25) is 4.79 Å². The number of carbonyl (C=O) groups is 2. The lowest BCUT2D eigenvalue weighted by atomic mass is 10.1. The minimum absolute atomic E-state index is 0.0636. The van der Waals surface area contributed by atoms with Crippen LogP contribution in [0.1, 0.15) is 28.6 Å². The summed E-state index contributed by atoms with van der Waals surface area (Å²) in [4.78, 5) is 26.6. The molecule has 1 aliphatic heterocycles. The molecular weight excluding hydrogens is 282 g/mol. The Morgan fingerprint density at radius 3 is 2.89 bits per heavy atom. The Labute approximate surface area is 122 Å². The van der Waals surface area contributed by atoms with E-state index in [9.17, 15) is 9.59 Å². The van der Waals surface area contributed by atoms with Crippen LogP contribution < -0.4 is 4.90 Å². The number of methoxy groups -OCH3 is 1. The van der Waals surface area contributed by atoms with Gasteiger partial charge in [0, 0.05) is 17.8 Å². The molecule has 1 aromatic heterocycles. The highest BCUT2D eigenvalue weighted by atomic mass is 32.1. The molecule has 1 atom stereocenters. The molecule has 1 aromatic rings. The van der Waals surface area contributed by atoms with E-state index in [0.717, 1.165) is 16.3 Å². The number of esters is 1. The maximum atomic E-state index is 12.1. The summed E-state index contributed by atoms with van der Waals surface area (Å²) in [6.07, 6.45) is 1.34. The number of carbonyl (C=O) groups excluding carboxylic acids is 2. The zero-order chi connectivity index (χ0) is 14.0. The predicted molar refractivity (Wildman–Crippen MR) is 79.3 cm³/mol. The van der Waals surface area contributed by atoms with Crippen LogP contribution in [-0.4, -0.2) is 31.3 Å².